The zero-order valence-electron chi connectivity index (χ0n) is 4.27. The van der Waals surface area contributed by atoms with Crippen LogP contribution < -0.4 is 0 Å². The zero-order valence-corrected chi connectivity index (χ0v) is 7.11. The molecular formula is C4H9OY+2. The van der Waals surface area contributed by atoms with Crippen LogP contribution in [0.4, 0.5) is 0 Å². The number of hydrogen-bond donors (Lipinski definition) is 0. The minimum absolute atomic E-state index is 0. The van der Waals surface area contributed by atoms with Gasteiger partial charge in [0.1, 0.15) is 0 Å². The van der Waals surface area contributed by atoms with Gasteiger partial charge in [-0.1, -0.05) is 6.92 Å². The number of hydrogen-bond acceptors (Lipinski definition) is 1. The van der Waals surface area contributed by atoms with Crippen LogP contribution in [0.25, 0.3) is 0 Å². The van der Waals surface area contributed by atoms with Crippen molar-refractivity contribution in [2.75, 3.05) is 7.11 Å². The van der Waals surface area contributed by atoms with E-state index in [0.717, 1.165) is 6.42 Å². The minimum Gasteiger partial charge on any atom is -0.554 e. The Morgan fingerprint density at radius 3 is 2.17 bits per heavy atom. The van der Waals surface area contributed by atoms with Crippen LogP contribution in [0.5, 0.6) is 0 Å². The van der Waals surface area contributed by atoms with Gasteiger partial charge in [-0.05, 0) is 7.11 Å². The first-order valence-corrected chi connectivity index (χ1v) is 1.76. The van der Waals surface area contributed by atoms with E-state index >= 15 is 0 Å². The van der Waals surface area contributed by atoms with Crippen LogP contribution in [0.3, 0.4) is 0 Å². The summed E-state index contributed by atoms with van der Waals surface area (Å²) in [4.78, 5) is 0. The normalized spacial score (nSPS) is 7.00. The van der Waals surface area contributed by atoms with Crippen LogP contribution in [-0.2, 0) is 37.4 Å². The standard InChI is InChI=1S/C4H9O.Y/c1-3-4-5-2;/h4H,3H2,1-2H3;/q-1;+3. The zero-order chi connectivity index (χ0) is 4.12. The van der Waals surface area contributed by atoms with Gasteiger partial charge >= 0.3 is 32.7 Å². The molecule has 0 aliphatic heterocycles. The molecule has 0 aliphatic rings. The largest absolute Gasteiger partial charge is 3.00 e. The predicted octanol–water partition coefficient (Wildman–Crippen LogP) is 1.20. The maximum absolute atomic E-state index is 4.57. The van der Waals surface area contributed by atoms with E-state index in [9.17, 15) is 0 Å². The van der Waals surface area contributed by atoms with Gasteiger partial charge in [-0.3, -0.25) is 0 Å². The molecule has 0 aromatic rings. The summed E-state index contributed by atoms with van der Waals surface area (Å²) in [5, 5.41) is 0. The Balaban J connectivity index is 0. The molecule has 0 aromatic heterocycles. The molecule has 0 spiro atoms. The number of ether oxygens (including phenoxy) is 1. The van der Waals surface area contributed by atoms with Gasteiger partial charge < -0.3 is 4.74 Å². The molecule has 6 heavy (non-hydrogen) atoms. The summed E-state index contributed by atoms with van der Waals surface area (Å²) in [5.74, 6) is 0. The van der Waals surface area contributed by atoms with Crippen molar-refractivity contribution in [1.29, 1.82) is 0 Å². The first-order valence-electron chi connectivity index (χ1n) is 1.76. The van der Waals surface area contributed by atoms with Crippen molar-refractivity contribution in [2.45, 2.75) is 13.3 Å². The fourth-order valence-corrected chi connectivity index (χ4v) is 0.167. The fourth-order valence-electron chi connectivity index (χ4n) is 0.167. The third kappa shape index (κ3) is 8.91. The average molecular weight is 162 g/mol. The van der Waals surface area contributed by atoms with Gasteiger partial charge in [0, 0.05) is 0 Å². The summed E-state index contributed by atoms with van der Waals surface area (Å²) in [7, 11) is 1.66. The molecular weight excluding hydrogens is 153 g/mol. The third-order valence-corrected chi connectivity index (χ3v) is 0.333. The summed E-state index contributed by atoms with van der Waals surface area (Å²) in [6, 6.07) is 0. The second-order valence-corrected chi connectivity index (χ2v) is 0.811. The van der Waals surface area contributed by atoms with Crippen LogP contribution >= 0.6 is 0 Å². The van der Waals surface area contributed by atoms with Crippen molar-refractivity contribution in [3.05, 3.63) is 6.61 Å². The summed E-state index contributed by atoms with van der Waals surface area (Å²) in [5.41, 5.74) is 0. The topological polar surface area (TPSA) is 9.23 Å². The molecule has 0 N–H and O–H groups in total. The Hall–Kier alpha value is 1.06. The maximum Gasteiger partial charge on any atom is 3.00 e. The van der Waals surface area contributed by atoms with Crippen LogP contribution in [0.1, 0.15) is 13.3 Å². The molecule has 2 heteroatoms. The second-order valence-electron chi connectivity index (χ2n) is 0.811. The summed E-state index contributed by atoms with van der Waals surface area (Å²) < 4.78 is 4.57. The van der Waals surface area contributed by atoms with E-state index in [1.807, 2.05) is 6.92 Å². The smallest absolute Gasteiger partial charge is 0.554 e. The van der Waals surface area contributed by atoms with Crippen LogP contribution in [0.2, 0.25) is 0 Å². The first kappa shape index (κ1) is 10.1. The van der Waals surface area contributed by atoms with Crippen molar-refractivity contribution in [1.82, 2.24) is 0 Å². The fraction of sp³-hybridized carbons (Fsp3) is 0.750. The molecule has 0 saturated heterocycles. The Morgan fingerprint density at radius 2 is 2.17 bits per heavy atom. The molecule has 0 aliphatic carbocycles. The molecule has 1 nitrogen and oxygen atoms in total. The number of methoxy groups -OCH3 is 1. The van der Waals surface area contributed by atoms with Crippen LogP contribution in [0, 0.1) is 6.61 Å². The van der Waals surface area contributed by atoms with Crippen LogP contribution in [-0.4, -0.2) is 7.11 Å². The Labute approximate surface area is 64.3 Å². The van der Waals surface area contributed by atoms with E-state index < -0.39 is 0 Å². The summed E-state index contributed by atoms with van der Waals surface area (Å²) >= 11 is 0. The van der Waals surface area contributed by atoms with E-state index in [1.54, 1.807) is 13.7 Å². The Kier molecular flexibility index (Phi) is 15.9. The minimum atomic E-state index is 0. The summed E-state index contributed by atoms with van der Waals surface area (Å²) in [6.07, 6.45) is 0.997. The molecule has 0 bridgehead atoms. The quantitative estimate of drug-likeness (QED) is 0.554. The molecule has 0 heterocycles. The molecule has 0 radical (unpaired) electrons. The molecule has 0 aromatic carbocycles. The third-order valence-electron chi connectivity index (χ3n) is 0.333. The molecule has 0 atom stereocenters. The molecule has 32 valence electrons. The van der Waals surface area contributed by atoms with E-state index in [1.165, 1.54) is 0 Å². The molecule has 0 unspecified atom stereocenters. The maximum atomic E-state index is 4.57. The Morgan fingerprint density at radius 1 is 1.67 bits per heavy atom. The van der Waals surface area contributed by atoms with Gasteiger partial charge in [-0.25, -0.2) is 6.61 Å². The van der Waals surface area contributed by atoms with Crippen molar-refractivity contribution in [3.8, 4) is 0 Å². The van der Waals surface area contributed by atoms with Gasteiger partial charge in [0.15, 0.2) is 0 Å². The van der Waals surface area contributed by atoms with Gasteiger partial charge in [0.05, 0.1) is 0 Å². The van der Waals surface area contributed by atoms with E-state index in [-0.39, 0.29) is 32.7 Å². The first-order chi connectivity index (χ1) is 2.41. The predicted molar refractivity (Wildman–Crippen MR) is 21.6 cm³/mol. The monoisotopic (exact) mass is 162 g/mol. The summed E-state index contributed by atoms with van der Waals surface area (Å²) in [6.45, 7) is 3.78. The number of rotatable bonds is 2. The van der Waals surface area contributed by atoms with Gasteiger partial charge in [0.2, 0.25) is 0 Å². The van der Waals surface area contributed by atoms with E-state index in [0.29, 0.717) is 0 Å². The Bertz CT molecular complexity index is 15.0. The van der Waals surface area contributed by atoms with Crippen molar-refractivity contribution in [3.63, 3.8) is 0 Å². The van der Waals surface area contributed by atoms with Crippen molar-refractivity contribution in [2.24, 2.45) is 0 Å². The van der Waals surface area contributed by atoms with Crippen molar-refractivity contribution < 1.29 is 37.4 Å². The van der Waals surface area contributed by atoms with Crippen LogP contribution in [0.15, 0.2) is 0 Å². The van der Waals surface area contributed by atoms with E-state index in [4.69, 9.17) is 0 Å². The molecule has 0 saturated carbocycles. The second kappa shape index (κ2) is 9.42. The average Bonchev–Trinajstić information content (AvgIpc) is 1.41. The SMILES string of the molecule is CC[CH-]OC.[Y+3]. The molecule has 0 amide bonds. The van der Waals surface area contributed by atoms with Crippen molar-refractivity contribution >= 4 is 0 Å². The molecule has 0 rings (SSSR count). The van der Waals surface area contributed by atoms with Gasteiger partial charge in [0.25, 0.3) is 0 Å². The van der Waals surface area contributed by atoms with Gasteiger partial charge in [-0.2, -0.15) is 6.42 Å². The van der Waals surface area contributed by atoms with E-state index in [2.05, 4.69) is 4.74 Å². The van der Waals surface area contributed by atoms with Gasteiger partial charge in [-0.15, -0.1) is 0 Å². The molecule has 0 fully saturated rings.